The summed E-state index contributed by atoms with van der Waals surface area (Å²) in [6, 6.07) is 7.91. The van der Waals surface area contributed by atoms with E-state index >= 15 is 0 Å². The molecule has 3 rings (SSSR count). The van der Waals surface area contributed by atoms with E-state index in [2.05, 4.69) is 4.98 Å². The summed E-state index contributed by atoms with van der Waals surface area (Å²) >= 11 is 0. The van der Waals surface area contributed by atoms with Gasteiger partial charge in [-0.05, 0) is 56.2 Å². The molecule has 4 heteroatoms. The number of aromatic amines is 1. The first-order valence-electron chi connectivity index (χ1n) is 7.15. The molecule has 1 aliphatic carbocycles. The number of para-hydroxylation sites is 2. The van der Waals surface area contributed by atoms with Crippen LogP contribution < -0.4 is 11.4 Å². The van der Waals surface area contributed by atoms with Gasteiger partial charge in [-0.1, -0.05) is 12.1 Å². The van der Waals surface area contributed by atoms with Gasteiger partial charge in [-0.15, -0.1) is 0 Å². The van der Waals surface area contributed by atoms with E-state index in [0.29, 0.717) is 11.8 Å². The number of H-pyrrole nitrogens is 1. The largest absolute Gasteiger partial charge is 0.330 e. The molecule has 1 saturated carbocycles. The zero-order chi connectivity index (χ0) is 13.2. The maximum absolute atomic E-state index is 12.0. The molecular formula is C15H21N3O. The van der Waals surface area contributed by atoms with Gasteiger partial charge in [0.25, 0.3) is 0 Å². The first kappa shape index (κ1) is 12.5. The summed E-state index contributed by atoms with van der Waals surface area (Å²) in [5.74, 6) is 1.30. The lowest BCUT2D eigenvalue weighted by Crippen LogP contribution is -2.27. The minimum absolute atomic E-state index is 0.0159. The fraction of sp³-hybridized carbons (Fsp3) is 0.533. The van der Waals surface area contributed by atoms with E-state index < -0.39 is 0 Å². The summed E-state index contributed by atoms with van der Waals surface area (Å²) in [6.07, 6.45) is 4.79. The molecule has 0 aliphatic heterocycles. The quantitative estimate of drug-likeness (QED) is 0.886. The average Bonchev–Trinajstić information content (AvgIpc) is 2.76. The number of benzene rings is 1. The summed E-state index contributed by atoms with van der Waals surface area (Å²) in [5, 5.41) is 0. The minimum Gasteiger partial charge on any atom is -0.330 e. The number of rotatable bonds is 3. The molecule has 0 amide bonds. The Morgan fingerprint density at radius 1 is 1.16 bits per heavy atom. The Labute approximate surface area is 112 Å². The van der Waals surface area contributed by atoms with Gasteiger partial charge in [-0.3, -0.25) is 4.57 Å². The third kappa shape index (κ3) is 2.45. The van der Waals surface area contributed by atoms with Crippen molar-refractivity contribution in [3.63, 3.8) is 0 Å². The first-order valence-corrected chi connectivity index (χ1v) is 7.15. The van der Waals surface area contributed by atoms with Crippen LogP contribution in [0.3, 0.4) is 0 Å². The number of nitrogens with zero attached hydrogens (tertiary/aromatic N) is 1. The molecular weight excluding hydrogens is 238 g/mol. The molecule has 1 aromatic carbocycles. The van der Waals surface area contributed by atoms with Gasteiger partial charge in [-0.2, -0.15) is 0 Å². The number of nitrogens with one attached hydrogen (secondary N) is 1. The Balaban J connectivity index is 1.79. The molecule has 0 saturated heterocycles. The molecule has 19 heavy (non-hydrogen) atoms. The summed E-state index contributed by atoms with van der Waals surface area (Å²) in [4.78, 5) is 14.9. The van der Waals surface area contributed by atoms with Crippen LogP contribution in [0.25, 0.3) is 11.0 Å². The van der Waals surface area contributed by atoms with Gasteiger partial charge in [-0.25, -0.2) is 4.79 Å². The van der Waals surface area contributed by atoms with E-state index in [0.717, 1.165) is 24.1 Å². The molecule has 0 spiro atoms. The number of nitrogens with two attached hydrogens (primary N) is 1. The van der Waals surface area contributed by atoms with Crippen molar-refractivity contribution in [1.82, 2.24) is 9.55 Å². The van der Waals surface area contributed by atoms with Crippen LogP contribution in [-0.4, -0.2) is 16.1 Å². The van der Waals surface area contributed by atoms with Crippen LogP contribution >= 0.6 is 0 Å². The fourth-order valence-corrected chi connectivity index (χ4v) is 3.20. The molecule has 2 aromatic rings. The number of aromatic nitrogens is 2. The Kier molecular flexibility index (Phi) is 3.42. The van der Waals surface area contributed by atoms with Crippen LogP contribution in [0.4, 0.5) is 0 Å². The Hall–Kier alpha value is -1.55. The average molecular weight is 259 g/mol. The van der Waals surface area contributed by atoms with Gasteiger partial charge in [0.1, 0.15) is 0 Å². The highest BCUT2D eigenvalue weighted by atomic mass is 16.1. The maximum atomic E-state index is 12.0. The Morgan fingerprint density at radius 2 is 1.84 bits per heavy atom. The Morgan fingerprint density at radius 3 is 2.58 bits per heavy atom. The van der Waals surface area contributed by atoms with Gasteiger partial charge in [0.05, 0.1) is 11.0 Å². The van der Waals surface area contributed by atoms with Crippen LogP contribution in [0.2, 0.25) is 0 Å². The maximum Gasteiger partial charge on any atom is 0.326 e. The molecule has 0 unspecified atom stereocenters. The van der Waals surface area contributed by atoms with E-state index in [4.69, 9.17) is 5.73 Å². The van der Waals surface area contributed by atoms with Crippen molar-refractivity contribution in [1.29, 1.82) is 0 Å². The van der Waals surface area contributed by atoms with E-state index in [1.807, 2.05) is 28.8 Å². The van der Waals surface area contributed by atoms with Crippen molar-refractivity contribution in [3.8, 4) is 0 Å². The third-order valence-corrected chi connectivity index (χ3v) is 4.42. The fourth-order valence-electron chi connectivity index (χ4n) is 3.20. The monoisotopic (exact) mass is 259 g/mol. The van der Waals surface area contributed by atoms with E-state index in [-0.39, 0.29) is 5.69 Å². The third-order valence-electron chi connectivity index (χ3n) is 4.42. The van der Waals surface area contributed by atoms with Crippen molar-refractivity contribution in [3.05, 3.63) is 34.7 Å². The van der Waals surface area contributed by atoms with Crippen LogP contribution in [0.15, 0.2) is 29.1 Å². The van der Waals surface area contributed by atoms with Crippen LogP contribution in [-0.2, 0) is 6.54 Å². The van der Waals surface area contributed by atoms with E-state index in [1.165, 1.54) is 25.7 Å². The molecule has 0 bridgehead atoms. The topological polar surface area (TPSA) is 63.8 Å². The summed E-state index contributed by atoms with van der Waals surface area (Å²) in [5.41, 5.74) is 7.69. The highest BCUT2D eigenvalue weighted by molar-refractivity contribution is 5.74. The number of hydrogen-bond donors (Lipinski definition) is 2. The lowest BCUT2D eigenvalue weighted by Gasteiger charge is -2.27. The lowest BCUT2D eigenvalue weighted by atomic mass is 9.82. The standard InChI is InChI=1S/C15H21N3O/c16-9-11-5-7-12(8-6-11)10-18-14-4-2-1-3-13(14)17-15(18)19/h1-4,11-12H,5-10,16H2,(H,17,19). The summed E-state index contributed by atoms with van der Waals surface area (Å²) in [6.45, 7) is 1.64. The molecule has 3 N–H and O–H groups in total. The van der Waals surface area contributed by atoms with Crippen molar-refractivity contribution >= 4 is 11.0 Å². The number of imidazole rings is 1. The minimum atomic E-state index is 0.0159. The summed E-state index contributed by atoms with van der Waals surface area (Å²) in [7, 11) is 0. The number of hydrogen-bond acceptors (Lipinski definition) is 2. The summed E-state index contributed by atoms with van der Waals surface area (Å²) < 4.78 is 1.89. The highest BCUT2D eigenvalue weighted by Gasteiger charge is 2.21. The van der Waals surface area contributed by atoms with Crippen LogP contribution in [0.5, 0.6) is 0 Å². The van der Waals surface area contributed by atoms with Gasteiger partial charge in [0, 0.05) is 6.54 Å². The molecule has 1 fully saturated rings. The lowest BCUT2D eigenvalue weighted by molar-refractivity contribution is 0.256. The van der Waals surface area contributed by atoms with Gasteiger partial charge in [0.2, 0.25) is 0 Å². The molecule has 102 valence electrons. The molecule has 1 aromatic heterocycles. The number of fused-ring (bicyclic) bond motifs is 1. The molecule has 1 heterocycles. The SMILES string of the molecule is NCC1CCC(Cn2c(=O)[nH]c3ccccc32)CC1. The smallest absolute Gasteiger partial charge is 0.326 e. The van der Waals surface area contributed by atoms with E-state index in [9.17, 15) is 4.79 Å². The molecule has 0 radical (unpaired) electrons. The molecule has 1 aliphatic rings. The van der Waals surface area contributed by atoms with Gasteiger partial charge >= 0.3 is 5.69 Å². The Bertz CT molecular complexity index is 605. The predicted molar refractivity (Wildman–Crippen MR) is 77.1 cm³/mol. The zero-order valence-electron chi connectivity index (χ0n) is 11.1. The molecule has 4 nitrogen and oxygen atoms in total. The molecule has 0 atom stereocenters. The van der Waals surface area contributed by atoms with Crippen molar-refractivity contribution in [2.24, 2.45) is 17.6 Å². The second-order valence-corrected chi connectivity index (χ2v) is 5.68. The highest BCUT2D eigenvalue weighted by Crippen LogP contribution is 2.29. The van der Waals surface area contributed by atoms with Crippen molar-refractivity contribution in [2.75, 3.05) is 6.54 Å². The van der Waals surface area contributed by atoms with Crippen LogP contribution in [0.1, 0.15) is 25.7 Å². The normalized spacial score (nSPS) is 23.8. The first-order chi connectivity index (χ1) is 9.28. The van der Waals surface area contributed by atoms with Crippen molar-refractivity contribution in [2.45, 2.75) is 32.2 Å². The predicted octanol–water partition coefficient (Wildman–Crippen LogP) is 2.09. The van der Waals surface area contributed by atoms with Gasteiger partial charge in [0.15, 0.2) is 0 Å². The van der Waals surface area contributed by atoms with E-state index in [1.54, 1.807) is 0 Å². The zero-order valence-corrected chi connectivity index (χ0v) is 11.1. The second-order valence-electron chi connectivity index (χ2n) is 5.68. The van der Waals surface area contributed by atoms with Gasteiger partial charge < -0.3 is 10.7 Å². The van der Waals surface area contributed by atoms with Crippen molar-refractivity contribution < 1.29 is 0 Å². The van der Waals surface area contributed by atoms with Crippen LogP contribution in [0, 0.1) is 11.8 Å². The second kappa shape index (κ2) is 5.21.